The highest BCUT2D eigenvalue weighted by Gasteiger charge is 2.39. The lowest BCUT2D eigenvalue weighted by Crippen LogP contribution is -2.52. The van der Waals surface area contributed by atoms with E-state index in [2.05, 4.69) is 37.4 Å². The average molecular weight is 428 g/mol. The molecular formula is C25H24N4O3. The lowest BCUT2D eigenvalue weighted by Gasteiger charge is -2.29. The van der Waals surface area contributed by atoms with Crippen LogP contribution in [-0.2, 0) is 23.2 Å². The van der Waals surface area contributed by atoms with Crippen LogP contribution < -0.4 is 5.32 Å². The molecule has 1 saturated heterocycles. The van der Waals surface area contributed by atoms with Crippen molar-refractivity contribution >= 4 is 17.7 Å². The van der Waals surface area contributed by atoms with Crippen LogP contribution in [-0.4, -0.2) is 38.2 Å². The minimum Gasteiger partial charge on any atom is -0.333 e. The van der Waals surface area contributed by atoms with Gasteiger partial charge in [0.05, 0.1) is 5.69 Å². The van der Waals surface area contributed by atoms with Crippen molar-refractivity contribution < 1.29 is 14.4 Å². The van der Waals surface area contributed by atoms with Crippen molar-refractivity contribution in [3.05, 3.63) is 64.8 Å². The Kier molecular flexibility index (Phi) is 4.69. The van der Waals surface area contributed by atoms with Crippen LogP contribution in [0.4, 0.5) is 0 Å². The number of nitrogens with zero attached hydrogens (tertiary/aromatic N) is 3. The summed E-state index contributed by atoms with van der Waals surface area (Å²) >= 11 is 0. The number of carbonyl (C=O) groups excluding carboxylic acids is 3. The van der Waals surface area contributed by atoms with E-state index >= 15 is 0 Å². The molecule has 5 rings (SSSR count). The number of aryl methyl sites for hydroxylation is 3. The Morgan fingerprint density at radius 3 is 2.53 bits per heavy atom. The maximum Gasteiger partial charge on any atom is 0.255 e. The van der Waals surface area contributed by atoms with Gasteiger partial charge in [0.1, 0.15) is 11.9 Å². The number of imidazole rings is 1. The zero-order valence-electron chi connectivity index (χ0n) is 18.3. The van der Waals surface area contributed by atoms with Gasteiger partial charge in [-0.3, -0.25) is 19.7 Å². The molecule has 1 aromatic heterocycles. The molecule has 1 atom stereocenters. The summed E-state index contributed by atoms with van der Waals surface area (Å²) < 4.78 is 2.01. The Balaban J connectivity index is 1.44. The van der Waals surface area contributed by atoms with Crippen LogP contribution in [0, 0.1) is 13.8 Å². The minimum absolute atomic E-state index is 0.169. The summed E-state index contributed by atoms with van der Waals surface area (Å²) in [5.74, 6) is 0.0283. The van der Waals surface area contributed by atoms with Crippen LogP contribution in [0.15, 0.2) is 42.6 Å². The summed E-state index contributed by atoms with van der Waals surface area (Å²) in [6.07, 6.45) is 2.59. The Morgan fingerprint density at radius 2 is 1.78 bits per heavy atom. The first-order valence-electron chi connectivity index (χ1n) is 10.7. The average Bonchev–Trinajstić information content (AvgIpc) is 3.30. The van der Waals surface area contributed by atoms with E-state index in [1.54, 1.807) is 4.90 Å². The first-order valence-corrected chi connectivity index (χ1v) is 10.7. The number of benzene rings is 2. The zero-order chi connectivity index (χ0) is 22.6. The Hall–Kier alpha value is -3.74. The monoisotopic (exact) mass is 428 g/mol. The van der Waals surface area contributed by atoms with E-state index < -0.39 is 11.9 Å². The zero-order valence-corrected chi connectivity index (χ0v) is 18.3. The van der Waals surface area contributed by atoms with Crippen molar-refractivity contribution in [2.24, 2.45) is 7.05 Å². The highest BCUT2D eigenvalue weighted by molar-refractivity contribution is 6.05. The second-order valence-electron chi connectivity index (χ2n) is 8.63. The van der Waals surface area contributed by atoms with Gasteiger partial charge in [0.25, 0.3) is 5.91 Å². The lowest BCUT2D eigenvalue weighted by atomic mass is 10.0. The molecule has 0 spiro atoms. The summed E-state index contributed by atoms with van der Waals surface area (Å²) in [5, 5.41) is 2.34. The summed E-state index contributed by atoms with van der Waals surface area (Å²) in [7, 11) is 1.97. The summed E-state index contributed by atoms with van der Waals surface area (Å²) in [4.78, 5) is 43.1. The van der Waals surface area contributed by atoms with Crippen LogP contribution in [0.2, 0.25) is 0 Å². The van der Waals surface area contributed by atoms with Crippen molar-refractivity contribution in [2.45, 2.75) is 39.3 Å². The summed E-state index contributed by atoms with van der Waals surface area (Å²) in [5.41, 5.74) is 6.74. The molecule has 0 bridgehead atoms. The number of fused-ring (bicyclic) bond motifs is 1. The largest absolute Gasteiger partial charge is 0.333 e. The third kappa shape index (κ3) is 3.30. The van der Waals surface area contributed by atoms with Gasteiger partial charge in [-0.05, 0) is 55.2 Å². The van der Waals surface area contributed by atoms with E-state index in [0.717, 1.165) is 28.2 Å². The predicted molar refractivity (Wildman–Crippen MR) is 120 cm³/mol. The molecule has 2 aromatic carbocycles. The molecule has 0 radical (unpaired) electrons. The molecule has 1 unspecified atom stereocenters. The van der Waals surface area contributed by atoms with Crippen LogP contribution in [0.3, 0.4) is 0 Å². The van der Waals surface area contributed by atoms with E-state index in [-0.39, 0.29) is 18.2 Å². The van der Waals surface area contributed by atoms with Gasteiger partial charge in [0, 0.05) is 42.9 Å². The third-order valence-electron chi connectivity index (χ3n) is 6.46. The third-order valence-corrected chi connectivity index (χ3v) is 6.46. The molecule has 2 aliphatic rings. The predicted octanol–water partition coefficient (Wildman–Crippen LogP) is 3.13. The van der Waals surface area contributed by atoms with Crippen molar-refractivity contribution in [1.82, 2.24) is 19.8 Å². The van der Waals surface area contributed by atoms with Crippen LogP contribution in [0.5, 0.6) is 0 Å². The highest BCUT2D eigenvalue weighted by Crippen LogP contribution is 2.32. The number of hydrogen-bond donors (Lipinski definition) is 1. The summed E-state index contributed by atoms with van der Waals surface area (Å²) in [6, 6.07) is 11.4. The molecule has 0 saturated carbocycles. The molecule has 1 N–H and O–H groups in total. The molecule has 0 aliphatic carbocycles. The SMILES string of the molecule is Cc1ccc(-c2nc(-c3ccc4c(c3)CN(C3CCC(=O)NC3=O)C4=O)cn2C)cc1C. The van der Waals surface area contributed by atoms with Gasteiger partial charge in [-0.15, -0.1) is 0 Å². The second-order valence-corrected chi connectivity index (χ2v) is 8.63. The number of piperidine rings is 1. The van der Waals surface area contributed by atoms with Gasteiger partial charge in [-0.25, -0.2) is 4.98 Å². The lowest BCUT2D eigenvalue weighted by molar-refractivity contribution is -0.136. The highest BCUT2D eigenvalue weighted by atomic mass is 16.2. The number of hydrogen-bond acceptors (Lipinski definition) is 4. The number of imide groups is 1. The number of aromatic nitrogens is 2. The van der Waals surface area contributed by atoms with E-state index in [9.17, 15) is 14.4 Å². The Labute approximate surface area is 186 Å². The topological polar surface area (TPSA) is 84.3 Å². The quantitative estimate of drug-likeness (QED) is 0.650. The first kappa shape index (κ1) is 20.2. The van der Waals surface area contributed by atoms with Gasteiger partial charge in [-0.2, -0.15) is 0 Å². The standard InChI is InChI=1S/C25H24N4O3/c1-14-4-5-17(10-15(14)2)23-26-20(13-28(23)3)16-6-7-19-18(11-16)12-29(25(19)32)21-8-9-22(30)27-24(21)31/h4-7,10-11,13,21H,8-9,12H2,1-3H3,(H,27,30,31). The summed E-state index contributed by atoms with van der Waals surface area (Å²) in [6.45, 7) is 4.53. The van der Waals surface area contributed by atoms with Crippen molar-refractivity contribution in [3.63, 3.8) is 0 Å². The molecule has 7 heteroatoms. The Bertz CT molecular complexity index is 1290. The fourth-order valence-electron chi connectivity index (χ4n) is 4.49. The van der Waals surface area contributed by atoms with Gasteiger partial charge in [-0.1, -0.05) is 18.2 Å². The fraction of sp³-hybridized carbons (Fsp3) is 0.280. The van der Waals surface area contributed by atoms with E-state index in [1.807, 2.05) is 36.0 Å². The maximum absolute atomic E-state index is 12.9. The number of amides is 3. The molecule has 32 heavy (non-hydrogen) atoms. The molecule has 7 nitrogen and oxygen atoms in total. The van der Waals surface area contributed by atoms with Crippen LogP contribution in [0.1, 0.15) is 39.9 Å². The van der Waals surface area contributed by atoms with Crippen molar-refractivity contribution in [3.8, 4) is 22.6 Å². The molecule has 3 amide bonds. The van der Waals surface area contributed by atoms with Crippen molar-refractivity contribution in [1.29, 1.82) is 0 Å². The molecular weight excluding hydrogens is 404 g/mol. The van der Waals surface area contributed by atoms with Crippen LogP contribution >= 0.6 is 0 Å². The number of nitrogens with one attached hydrogen (secondary N) is 1. The molecule has 3 heterocycles. The fourth-order valence-corrected chi connectivity index (χ4v) is 4.49. The van der Waals surface area contributed by atoms with E-state index in [4.69, 9.17) is 4.98 Å². The second kappa shape index (κ2) is 7.44. The van der Waals surface area contributed by atoms with Gasteiger partial charge >= 0.3 is 0 Å². The van der Waals surface area contributed by atoms with Gasteiger partial charge < -0.3 is 9.47 Å². The molecule has 162 valence electrons. The minimum atomic E-state index is -0.609. The first-order chi connectivity index (χ1) is 15.3. The van der Waals surface area contributed by atoms with Gasteiger partial charge in [0.2, 0.25) is 11.8 Å². The molecule has 3 aromatic rings. The molecule has 2 aliphatic heterocycles. The van der Waals surface area contributed by atoms with E-state index in [1.165, 1.54) is 11.1 Å². The number of carbonyl (C=O) groups is 3. The van der Waals surface area contributed by atoms with Gasteiger partial charge in [0.15, 0.2) is 0 Å². The maximum atomic E-state index is 12.9. The van der Waals surface area contributed by atoms with Crippen LogP contribution in [0.25, 0.3) is 22.6 Å². The molecule has 1 fully saturated rings. The smallest absolute Gasteiger partial charge is 0.255 e. The Morgan fingerprint density at radius 1 is 1.00 bits per heavy atom. The van der Waals surface area contributed by atoms with E-state index in [0.29, 0.717) is 18.5 Å². The normalized spacial score (nSPS) is 18.2. The number of rotatable bonds is 3. The van der Waals surface area contributed by atoms with Crippen molar-refractivity contribution in [2.75, 3.05) is 0 Å².